The van der Waals surface area contributed by atoms with Gasteiger partial charge in [-0.3, -0.25) is 4.99 Å². The highest BCUT2D eigenvalue weighted by Crippen LogP contribution is 2.35. The molecule has 0 aromatic heterocycles. The fourth-order valence-corrected chi connectivity index (χ4v) is 2.78. The van der Waals surface area contributed by atoms with Crippen molar-refractivity contribution in [3.63, 3.8) is 0 Å². The predicted molar refractivity (Wildman–Crippen MR) is 65.3 cm³/mol. The molecule has 0 saturated heterocycles. The second kappa shape index (κ2) is 4.54. The average molecular weight is 208 g/mol. The molecule has 0 spiro atoms. The first-order chi connectivity index (χ1) is 7.18. The van der Waals surface area contributed by atoms with Crippen LogP contribution in [0.2, 0.25) is 0 Å². The molecule has 2 nitrogen and oxygen atoms in total. The van der Waals surface area contributed by atoms with E-state index in [0.29, 0.717) is 11.5 Å². The van der Waals surface area contributed by atoms with E-state index >= 15 is 0 Å². The summed E-state index contributed by atoms with van der Waals surface area (Å²) in [4.78, 5) is 4.59. The van der Waals surface area contributed by atoms with Crippen LogP contribution in [0.4, 0.5) is 0 Å². The molecular weight excluding hydrogens is 184 g/mol. The molecule has 1 aliphatic heterocycles. The average Bonchev–Trinajstić information content (AvgIpc) is 2.23. The maximum Gasteiger partial charge on any atom is 0.0965 e. The van der Waals surface area contributed by atoms with Gasteiger partial charge in [-0.05, 0) is 31.1 Å². The summed E-state index contributed by atoms with van der Waals surface area (Å²) >= 11 is 0. The number of hydrogen-bond donors (Lipinski definition) is 1. The van der Waals surface area contributed by atoms with Gasteiger partial charge in [-0.25, -0.2) is 0 Å². The Morgan fingerprint density at radius 1 is 1.20 bits per heavy atom. The van der Waals surface area contributed by atoms with Gasteiger partial charge < -0.3 is 5.32 Å². The van der Waals surface area contributed by atoms with Crippen molar-refractivity contribution in [3.8, 4) is 0 Å². The summed E-state index contributed by atoms with van der Waals surface area (Å²) in [6.07, 6.45) is 9.24. The van der Waals surface area contributed by atoms with E-state index in [2.05, 4.69) is 24.2 Å². The lowest BCUT2D eigenvalue weighted by Gasteiger charge is -2.40. The van der Waals surface area contributed by atoms with Gasteiger partial charge in [0.15, 0.2) is 0 Å². The SMILES string of the molecule is CC1(C)CCCCC1NC1=NCCCC1. The van der Waals surface area contributed by atoms with E-state index in [1.807, 2.05) is 0 Å². The molecule has 0 bridgehead atoms. The van der Waals surface area contributed by atoms with Gasteiger partial charge in [0.05, 0.1) is 5.84 Å². The summed E-state index contributed by atoms with van der Waals surface area (Å²) in [5, 5.41) is 3.70. The molecule has 1 saturated carbocycles. The van der Waals surface area contributed by atoms with Crippen LogP contribution in [0.15, 0.2) is 4.99 Å². The Morgan fingerprint density at radius 2 is 2.07 bits per heavy atom. The smallest absolute Gasteiger partial charge is 0.0965 e. The number of nitrogens with zero attached hydrogens (tertiary/aromatic N) is 1. The van der Waals surface area contributed by atoms with Gasteiger partial charge in [0.25, 0.3) is 0 Å². The van der Waals surface area contributed by atoms with Crippen LogP contribution >= 0.6 is 0 Å². The van der Waals surface area contributed by atoms with Crippen molar-refractivity contribution in [2.24, 2.45) is 10.4 Å². The predicted octanol–water partition coefficient (Wildman–Crippen LogP) is 3.13. The van der Waals surface area contributed by atoms with Gasteiger partial charge >= 0.3 is 0 Å². The van der Waals surface area contributed by atoms with Gasteiger partial charge in [0, 0.05) is 19.0 Å². The molecule has 86 valence electrons. The number of aliphatic imine (C=N–C) groups is 1. The van der Waals surface area contributed by atoms with Gasteiger partial charge in [0.1, 0.15) is 0 Å². The maximum atomic E-state index is 4.59. The van der Waals surface area contributed by atoms with Gasteiger partial charge in [-0.15, -0.1) is 0 Å². The largest absolute Gasteiger partial charge is 0.371 e. The van der Waals surface area contributed by atoms with Crippen LogP contribution in [-0.2, 0) is 0 Å². The zero-order chi connectivity index (χ0) is 10.7. The highest BCUT2D eigenvalue weighted by Gasteiger charge is 2.32. The molecule has 0 radical (unpaired) electrons. The van der Waals surface area contributed by atoms with E-state index in [1.54, 1.807) is 0 Å². The van der Waals surface area contributed by atoms with E-state index in [0.717, 1.165) is 6.54 Å². The Kier molecular flexibility index (Phi) is 3.32. The molecule has 2 rings (SSSR count). The molecule has 0 aromatic carbocycles. The van der Waals surface area contributed by atoms with Crippen molar-refractivity contribution >= 4 is 5.84 Å². The van der Waals surface area contributed by atoms with Gasteiger partial charge in [0.2, 0.25) is 0 Å². The van der Waals surface area contributed by atoms with E-state index < -0.39 is 0 Å². The number of nitrogens with one attached hydrogen (secondary N) is 1. The lowest BCUT2D eigenvalue weighted by atomic mass is 9.73. The lowest BCUT2D eigenvalue weighted by molar-refractivity contribution is 0.185. The molecule has 1 atom stereocenters. The van der Waals surface area contributed by atoms with Crippen LogP contribution in [0.1, 0.15) is 58.8 Å². The Bertz CT molecular complexity index is 243. The summed E-state index contributed by atoms with van der Waals surface area (Å²) in [5.41, 5.74) is 0.457. The number of hydrogen-bond acceptors (Lipinski definition) is 2. The van der Waals surface area contributed by atoms with Crippen molar-refractivity contribution in [2.75, 3.05) is 6.54 Å². The topological polar surface area (TPSA) is 24.4 Å². The second-order valence-corrected chi connectivity index (χ2v) is 5.72. The van der Waals surface area contributed by atoms with E-state index in [-0.39, 0.29) is 0 Å². The van der Waals surface area contributed by atoms with Crippen molar-refractivity contribution < 1.29 is 0 Å². The standard InChI is InChI=1S/C13H24N2/c1-13(2)9-5-3-7-11(13)15-12-8-4-6-10-14-12/h11H,3-10H2,1-2H3,(H,14,15). The minimum absolute atomic E-state index is 0.457. The Morgan fingerprint density at radius 3 is 2.73 bits per heavy atom. The minimum atomic E-state index is 0.457. The number of rotatable bonds is 1. The third-order valence-electron chi connectivity index (χ3n) is 3.97. The fraction of sp³-hybridized carbons (Fsp3) is 0.923. The van der Waals surface area contributed by atoms with Crippen molar-refractivity contribution in [3.05, 3.63) is 0 Å². The zero-order valence-electron chi connectivity index (χ0n) is 10.2. The molecule has 2 aliphatic rings. The minimum Gasteiger partial charge on any atom is -0.371 e. The summed E-state index contributed by atoms with van der Waals surface area (Å²) in [5.74, 6) is 1.28. The van der Waals surface area contributed by atoms with Gasteiger partial charge in [-0.2, -0.15) is 0 Å². The Hall–Kier alpha value is -0.530. The molecule has 1 fully saturated rings. The lowest BCUT2D eigenvalue weighted by Crippen LogP contribution is -2.47. The van der Waals surface area contributed by atoms with Crippen molar-refractivity contribution in [1.29, 1.82) is 0 Å². The highest BCUT2D eigenvalue weighted by molar-refractivity contribution is 5.83. The van der Waals surface area contributed by atoms with Crippen LogP contribution < -0.4 is 5.32 Å². The highest BCUT2D eigenvalue weighted by atomic mass is 15.0. The molecule has 15 heavy (non-hydrogen) atoms. The molecule has 1 aliphatic carbocycles. The zero-order valence-corrected chi connectivity index (χ0v) is 10.2. The molecule has 2 heteroatoms. The van der Waals surface area contributed by atoms with E-state index in [4.69, 9.17) is 0 Å². The third-order valence-corrected chi connectivity index (χ3v) is 3.97. The van der Waals surface area contributed by atoms with Gasteiger partial charge in [-0.1, -0.05) is 26.7 Å². The fourth-order valence-electron chi connectivity index (χ4n) is 2.78. The third kappa shape index (κ3) is 2.73. The summed E-state index contributed by atoms with van der Waals surface area (Å²) < 4.78 is 0. The van der Waals surface area contributed by atoms with Crippen LogP contribution in [0.25, 0.3) is 0 Å². The second-order valence-electron chi connectivity index (χ2n) is 5.72. The molecule has 1 heterocycles. The molecular formula is C13H24N2. The first-order valence-corrected chi connectivity index (χ1v) is 6.48. The van der Waals surface area contributed by atoms with Crippen LogP contribution in [-0.4, -0.2) is 18.4 Å². The number of amidine groups is 1. The molecule has 1 N–H and O–H groups in total. The molecule has 0 aromatic rings. The van der Waals surface area contributed by atoms with Crippen LogP contribution in [0.3, 0.4) is 0 Å². The van der Waals surface area contributed by atoms with Crippen molar-refractivity contribution in [2.45, 2.75) is 64.8 Å². The van der Waals surface area contributed by atoms with Crippen LogP contribution in [0, 0.1) is 5.41 Å². The van der Waals surface area contributed by atoms with Crippen molar-refractivity contribution in [1.82, 2.24) is 5.32 Å². The summed E-state index contributed by atoms with van der Waals surface area (Å²) in [6, 6.07) is 0.656. The van der Waals surface area contributed by atoms with E-state index in [1.165, 1.54) is 50.8 Å². The summed E-state index contributed by atoms with van der Waals surface area (Å²) in [6.45, 7) is 5.83. The summed E-state index contributed by atoms with van der Waals surface area (Å²) in [7, 11) is 0. The monoisotopic (exact) mass is 208 g/mol. The Balaban J connectivity index is 1.94. The Labute approximate surface area is 93.6 Å². The molecule has 1 unspecified atom stereocenters. The first kappa shape index (κ1) is 11.0. The van der Waals surface area contributed by atoms with E-state index in [9.17, 15) is 0 Å². The first-order valence-electron chi connectivity index (χ1n) is 6.48. The van der Waals surface area contributed by atoms with Crippen LogP contribution in [0.5, 0.6) is 0 Å². The normalized spacial score (nSPS) is 30.8. The maximum absolute atomic E-state index is 4.59. The quantitative estimate of drug-likeness (QED) is 0.703. The molecule has 0 amide bonds.